The van der Waals surface area contributed by atoms with Crippen LogP contribution in [-0.2, 0) is 0 Å². The second kappa shape index (κ2) is 5.78. The number of unbranched alkanes of at least 4 members (excludes halogenated alkanes) is 1. The summed E-state index contributed by atoms with van der Waals surface area (Å²) < 4.78 is 1.06. The molecular formula is C10H18BrNO. The zero-order chi connectivity index (χ0) is 9.68. The van der Waals surface area contributed by atoms with E-state index < -0.39 is 0 Å². The van der Waals surface area contributed by atoms with E-state index in [2.05, 4.69) is 27.4 Å². The van der Waals surface area contributed by atoms with Gasteiger partial charge in [-0.3, -0.25) is 4.90 Å². The molecule has 1 saturated carbocycles. The van der Waals surface area contributed by atoms with Crippen LogP contribution in [0.1, 0.15) is 25.7 Å². The largest absolute Gasteiger partial charge is 0.396 e. The van der Waals surface area contributed by atoms with Crippen molar-refractivity contribution < 1.29 is 5.11 Å². The maximum atomic E-state index is 8.67. The fraction of sp³-hybridized carbons (Fsp3) is 0.800. The molecule has 0 aromatic rings. The van der Waals surface area contributed by atoms with Crippen molar-refractivity contribution in [3.63, 3.8) is 0 Å². The van der Waals surface area contributed by atoms with Crippen LogP contribution in [0, 0.1) is 0 Å². The first-order valence-corrected chi connectivity index (χ1v) is 5.71. The summed E-state index contributed by atoms with van der Waals surface area (Å²) in [6.45, 7) is 6.22. The first-order chi connectivity index (χ1) is 6.24. The monoisotopic (exact) mass is 247 g/mol. The van der Waals surface area contributed by atoms with E-state index in [1.807, 2.05) is 0 Å². The molecular weight excluding hydrogens is 230 g/mol. The van der Waals surface area contributed by atoms with Gasteiger partial charge in [0.1, 0.15) is 0 Å². The maximum absolute atomic E-state index is 8.67. The molecule has 1 rings (SSSR count). The smallest absolute Gasteiger partial charge is 0.0431 e. The van der Waals surface area contributed by atoms with E-state index >= 15 is 0 Å². The highest BCUT2D eigenvalue weighted by Gasteiger charge is 2.28. The molecule has 0 radical (unpaired) electrons. The van der Waals surface area contributed by atoms with Gasteiger partial charge in [0.05, 0.1) is 0 Å². The van der Waals surface area contributed by atoms with E-state index in [0.717, 1.165) is 36.5 Å². The summed E-state index contributed by atoms with van der Waals surface area (Å²) in [5, 5.41) is 8.67. The summed E-state index contributed by atoms with van der Waals surface area (Å²) in [6, 6.07) is 0.785. The van der Waals surface area contributed by atoms with Crippen LogP contribution in [-0.4, -0.2) is 35.7 Å². The summed E-state index contributed by atoms with van der Waals surface area (Å²) in [4.78, 5) is 2.45. The molecule has 2 nitrogen and oxygen atoms in total. The van der Waals surface area contributed by atoms with Crippen LogP contribution in [0.3, 0.4) is 0 Å². The molecule has 1 fully saturated rings. The second-order valence-corrected chi connectivity index (χ2v) is 4.77. The van der Waals surface area contributed by atoms with Gasteiger partial charge < -0.3 is 5.11 Å². The lowest BCUT2D eigenvalue weighted by Gasteiger charge is -2.20. The number of aliphatic hydroxyl groups excluding tert-OH is 1. The summed E-state index contributed by atoms with van der Waals surface area (Å²) >= 11 is 3.39. The quantitative estimate of drug-likeness (QED) is 0.698. The third kappa shape index (κ3) is 4.79. The Labute approximate surface area is 88.7 Å². The highest BCUT2D eigenvalue weighted by Crippen LogP contribution is 2.28. The number of hydrogen-bond acceptors (Lipinski definition) is 2. The predicted molar refractivity (Wildman–Crippen MR) is 59.0 cm³/mol. The molecule has 1 aliphatic rings. The Morgan fingerprint density at radius 2 is 2.15 bits per heavy atom. The average Bonchev–Trinajstić information content (AvgIpc) is 2.84. The molecule has 0 saturated heterocycles. The van der Waals surface area contributed by atoms with Crippen LogP contribution < -0.4 is 0 Å². The minimum absolute atomic E-state index is 0.313. The molecule has 13 heavy (non-hydrogen) atoms. The van der Waals surface area contributed by atoms with E-state index in [1.165, 1.54) is 12.8 Å². The topological polar surface area (TPSA) is 23.5 Å². The number of rotatable bonds is 7. The Hall–Kier alpha value is 0.140. The van der Waals surface area contributed by atoms with Crippen LogP contribution in [0.15, 0.2) is 11.1 Å². The summed E-state index contributed by atoms with van der Waals surface area (Å²) in [7, 11) is 0. The van der Waals surface area contributed by atoms with Gasteiger partial charge in [-0.25, -0.2) is 0 Å². The van der Waals surface area contributed by atoms with Crippen molar-refractivity contribution in [2.24, 2.45) is 0 Å². The Kier molecular flexibility index (Phi) is 4.99. The van der Waals surface area contributed by atoms with E-state index in [-0.39, 0.29) is 0 Å². The first-order valence-electron chi connectivity index (χ1n) is 4.92. The molecule has 1 N–H and O–H groups in total. The molecule has 0 aromatic heterocycles. The molecule has 0 amide bonds. The fourth-order valence-corrected chi connectivity index (χ4v) is 1.80. The van der Waals surface area contributed by atoms with Crippen molar-refractivity contribution in [3.05, 3.63) is 11.1 Å². The fourth-order valence-electron chi connectivity index (χ4n) is 1.48. The van der Waals surface area contributed by atoms with Crippen LogP contribution in [0.25, 0.3) is 0 Å². The third-order valence-corrected chi connectivity index (χ3v) is 2.54. The van der Waals surface area contributed by atoms with Crippen LogP contribution in [0.2, 0.25) is 0 Å². The highest BCUT2D eigenvalue weighted by molar-refractivity contribution is 9.11. The van der Waals surface area contributed by atoms with Gasteiger partial charge in [0.15, 0.2) is 0 Å². The van der Waals surface area contributed by atoms with Crippen molar-refractivity contribution in [2.45, 2.75) is 31.7 Å². The molecule has 0 bridgehead atoms. The molecule has 0 aromatic carbocycles. The third-order valence-electron chi connectivity index (χ3n) is 2.29. The highest BCUT2D eigenvalue weighted by atomic mass is 79.9. The Balaban J connectivity index is 2.17. The number of halogens is 1. The number of aliphatic hydroxyl groups is 1. The summed E-state index contributed by atoms with van der Waals surface area (Å²) in [5.41, 5.74) is 0. The van der Waals surface area contributed by atoms with Gasteiger partial charge in [0.2, 0.25) is 0 Å². The van der Waals surface area contributed by atoms with Crippen LogP contribution in [0.4, 0.5) is 0 Å². The zero-order valence-corrected chi connectivity index (χ0v) is 9.59. The van der Waals surface area contributed by atoms with Crippen molar-refractivity contribution in [3.8, 4) is 0 Å². The van der Waals surface area contributed by atoms with Crippen molar-refractivity contribution in [2.75, 3.05) is 19.7 Å². The lowest BCUT2D eigenvalue weighted by atomic mass is 10.3. The van der Waals surface area contributed by atoms with Crippen molar-refractivity contribution in [1.29, 1.82) is 0 Å². The molecule has 0 atom stereocenters. The Morgan fingerprint density at radius 3 is 2.62 bits per heavy atom. The van der Waals surface area contributed by atoms with Crippen molar-refractivity contribution >= 4 is 15.9 Å². The molecule has 0 heterocycles. The van der Waals surface area contributed by atoms with Crippen molar-refractivity contribution in [1.82, 2.24) is 4.90 Å². The van der Waals surface area contributed by atoms with Crippen LogP contribution >= 0.6 is 15.9 Å². The standard InChI is InChI=1S/C10H18BrNO/c1-9(11)8-12(10-4-5-10)6-2-3-7-13/h10,13H,1-8H2. The van der Waals surface area contributed by atoms with Gasteiger partial charge in [0, 0.05) is 23.7 Å². The minimum atomic E-state index is 0.313. The van der Waals surface area contributed by atoms with Gasteiger partial charge in [-0.1, -0.05) is 22.5 Å². The molecule has 0 aliphatic heterocycles. The lowest BCUT2D eigenvalue weighted by Crippen LogP contribution is -2.28. The molecule has 3 heteroatoms. The van der Waals surface area contributed by atoms with Gasteiger partial charge in [0.25, 0.3) is 0 Å². The summed E-state index contributed by atoms with van der Waals surface area (Å²) in [6.07, 6.45) is 4.67. The normalized spacial score (nSPS) is 16.5. The maximum Gasteiger partial charge on any atom is 0.0431 e. The van der Waals surface area contributed by atoms with E-state index in [9.17, 15) is 0 Å². The molecule has 0 unspecified atom stereocenters. The predicted octanol–water partition coefficient (Wildman–Crippen LogP) is 2.13. The van der Waals surface area contributed by atoms with Gasteiger partial charge in [-0.05, 0) is 32.2 Å². The summed E-state index contributed by atoms with van der Waals surface area (Å²) in [5.74, 6) is 0. The average molecular weight is 248 g/mol. The number of hydrogen-bond donors (Lipinski definition) is 1. The Morgan fingerprint density at radius 1 is 1.46 bits per heavy atom. The van der Waals surface area contributed by atoms with E-state index in [1.54, 1.807) is 0 Å². The van der Waals surface area contributed by atoms with Gasteiger partial charge in [-0.15, -0.1) is 0 Å². The molecule has 76 valence electrons. The second-order valence-electron chi connectivity index (χ2n) is 3.65. The van der Waals surface area contributed by atoms with Crippen LogP contribution in [0.5, 0.6) is 0 Å². The number of nitrogens with zero attached hydrogens (tertiary/aromatic N) is 1. The Bertz CT molecular complexity index is 168. The zero-order valence-electron chi connectivity index (χ0n) is 8.01. The minimum Gasteiger partial charge on any atom is -0.396 e. The lowest BCUT2D eigenvalue weighted by molar-refractivity contribution is 0.248. The van der Waals surface area contributed by atoms with Gasteiger partial charge in [-0.2, -0.15) is 0 Å². The van der Waals surface area contributed by atoms with E-state index in [4.69, 9.17) is 5.11 Å². The van der Waals surface area contributed by atoms with E-state index in [0.29, 0.717) is 6.61 Å². The SMILES string of the molecule is C=C(Br)CN(CCCCO)C1CC1. The molecule has 0 spiro atoms. The molecule has 1 aliphatic carbocycles. The van der Waals surface area contributed by atoms with Gasteiger partial charge >= 0.3 is 0 Å². The first kappa shape index (κ1) is 11.2.